The van der Waals surface area contributed by atoms with Gasteiger partial charge in [0.15, 0.2) is 0 Å². The number of carbonyl (C=O) groups excluding carboxylic acids is 1. The van der Waals surface area contributed by atoms with Crippen molar-refractivity contribution in [3.05, 3.63) is 33.5 Å². The van der Waals surface area contributed by atoms with E-state index in [9.17, 15) is 9.18 Å². The Morgan fingerprint density at radius 3 is 2.53 bits per heavy atom. The van der Waals surface area contributed by atoms with Gasteiger partial charge in [0, 0.05) is 18.7 Å². The van der Waals surface area contributed by atoms with Crippen LogP contribution < -0.4 is 0 Å². The van der Waals surface area contributed by atoms with Crippen LogP contribution >= 0.6 is 15.9 Å². The highest BCUT2D eigenvalue weighted by molar-refractivity contribution is 9.10. The third kappa shape index (κ3) is 2.69. The lowest BCUT2D eigenvalue weighted by Gasteiger charge is -2.27. The van der Waals surface area contributed by atoms with Crippen molar-refractivity contribution in [3.8, 4) is 0 Å². The van der Waals surface area contributed by atoms with Gasteiger partial charge in [-0.25, -0.2) is 4.39 Å². The first-order chi connectivity index (χ1) is 9.16. The molecule has 0 unspecified atom stereocenters. The summed E-state index contributed by atoms with van der Waals surface area (Å²) in [6.07, 6.45) is 5.53. The van der Waals surface area contributed by atoms with E-state index in [0.29, 0.717) is 16.0 Å². The summed E-state index contributed by atoms with van der Waals surface area (Å²) in [7, 11) is 0. The lowest BCUT2D eigenvalue weighted by atomic mass is 10.0. The Morgan fingerprint density at radius 2 is 1.89 bits per heavy atom. The minimum atomic E-state index is -0.343. The van der Waals surface area contributed by atoms with Gasteiger partial charge in [0.2, 0.25) is 0 Å². The quantitative estimate of drug-likeness (QED) is 0.801. The Hall–Kier alpha value is -0.900. The second-order valence-corrected chi connectivity index (χ2v) is 6.34. The lowest BCUT2D eigenvalue weighted by Crippen LogP contribution is -2.36. The van der Waals surface area contributed by atoms with Crippen LogP contribution in [-0.4, -0.2) is 23.9 Å². The van der Waals surface area contributed by atoms with Crippen LogP contribution in [0.15, 0.2) is 16.6 Å². The van der Waals surface area contributed by atoms with Gasteiger partial charge in [0.05, 0.1) is 4.47 Å². The van der Waals surface area contributed by atoms with E-state index in [1.54, 1.807) is 6.07 Å². The molecule has 1 aromatic rings. The van der Waals surface area contributed by atoms with Crippen molar-refractivity contribution >= 4 is 21.8 Å². The molecule has 2 nitrogen and oxygen atoms in total. The summed E-state index contributed by atoms with van der Waals surface area (Å²) in [6, 6.07) is 3.21. The highest BCUT2D eigenvalue weighted by Crippen LogP contribution is 2.43. The molecule has 0 atom stereocenters. The molecule has 1 amide bonds. The third-order valence-corrected chi connectivity index (χ3v) is 4.59. The van der Waals surface area contributed by atoms with Gasteiger partial charge in [-0.1, -0.05) is 0 Å². The van der Waals surface area contributed by atoms with Gasteiger partial charge in [0.1, 0.15) is 5.82 Å². The summed E-state index contributed by atoms with van der Waals surface area (Å²) in [6.45, 7) is 1.61. The molecule has 1 aliphatic carbocycles. The Morgan fingerprint density at radius 1 is 1.21 bits per heavy atom. The minimum absolute atomic E-state index is 0.00741. The predicted molar refractivity (Wildman–Crippen MR) is 75.8 cm³/mol. The molecule has 2 aliphatic rings. The summed E-state index contributed by atoms with van der Waals surface area (Å²) in [5.41, 5.74) is 1.59. The van der Waals surface area contributed by atoms with Crippen molar-refractivity contribution < 1.29 is 9.18 Å². The van der Waals surface area contributed by atoms with Crippen LogP contribution in [0, 0.1) is 5.82 Å². The van der Waals surface area contributed by atoms with Crippen LogP contribution in [0.25, 0.3) is 0 Å². The maximum absolute atomic E-state index is 13.8. The lowest BCUT2D eigenvalue weighted by molar-refractivity contribution is 0.0722. The van der Waals surface area contributed by atoms with Gasteiger partial charge in [0.25, 0.3) is 5.91 Å². The molecule has 1 aliphatic heterocycles. The normalized spacial score (nSPS) is 19.6. The molecule has 0 N–H and O–H groups in total. The van der Waals surface area contributed by atoms with E-state index in [0.717, 1.165) is 44.3 Å². The molecule has 4 heteroatoms. The van der Waals surface area contributed by atoms with Gasteiger partial charge in [-0.15, -0.1) is 0 Å². The molecule has 19 heavy (non-hydrogen) atoms. The molecule has 3 rings (SSSR count). The van der Waals surface area contributed by atoms with Gasteiger partial charge in [-0.05, 0) is 71.6 Å². The SMILES string of the molecule is O=C(c1cc(F)c(Br)cc1C1CC1)N1CCCCC1. The molecule has 102 valence electrons. The average Bonchev–Trinajstić information content (AvgIpc) is 3.26. The minimum Gasteiger partial charge on any atom is -0.339 e. The fourth-order valence-electron chi connectivity index (χ4n) is 2.75. The number of likely N-dealkylation sites (tertiary alicyclic amines) is 1. The number of nitrogens with zero attached hydrogens (tertiary/aromatic N) is 1. The van der Waals surface area contributed by atoms with Crippen LogP contribution in [-0.2, 0) is 0 Å². The second kappa shape index (κ2) is 5.23. The monoisotopic (exact) mass is 325 g/mol. The van der Waals surface area contributed by atoms with Gasteiger partial charge in [-0.3, -0.25) is 4.79 Å². The first kappa shape index (κ1) is 13.1. The van der Waals surface area contributed by atoms with Crippen LogP contribution in [0.5, 0.6) is 0 Å². The van der Waals surface area contributed by atoms with Crippen LogP contribution in [0.3, 0.4) is 0 Å². The predicted octanol–water partition coefficient (Wildman–Crippen LogP) is 4.09. The molecule has 1 heterocycles. The summed E-state index contributed by atoms with van der Waals surface area (Å²) < 4.78 is 14.2. The Bertz CT molecular complexity index is 507. The van der Waals surface area contributed by atoms with Crippen molar-refractivity contribution in [1.82, 2.24) is 4.90 Å². The smallest absolute Gasteiger partial charge is 0.254 e. The zero-order valence-corrected chi connectivity index (χ0v) is 12.4. The Labute approximate surface area is 121 Å². The van der Waals surface area contributed by atoms with Crippen molar-refractivity contribution in [2.45, 2.75) is 38.0 Å². The molecule has 0 spiro atoms. The molecule has 2 fully saturated rings. The number of hydrogen-bond donors (Lipinski definition) is 0. The van der Waals surface area contributed by atoms with Crippen molar-refractivity contribution in [2.24, 2.45) is 0 Å². The molecule has 0 bridgehead atoms. The number of carbonyl (C=O) groups is 1. The van der Waals surface area contributed by atoms with E-state index in [-0.39, 0.29) is 11.7 Å². The van der Waals surface area contributed by atoms with Gasteiger partial charge >= 0.3 is 0 Å². The van der Waals surface area contributed by atoms with Gasteiger partial charge < -0.3 is 4.90 Å². The molecule has 1 aromatic carbocycles. The van der Waals surface area contributed by atoms with Crippen LogP contribution in [0.1, 0.15) is 53.9 Å². The third-order valence-electron chi connectivity index (χ3n) is 3.98. The summed E-state index contributed by atoms with van der Waals surface area (Å²) >= 11 is 3.22. The molecule has 1 saturated heterocycles. The summed E-state index contributed by atoms with van der Waals surface area (Å²) in [5, 5.41) is 0. The summed E-state index contributed by atoms with van der Waals surface area (Å²) in [4.78, 5) is 14.4. The van der Waals surface area contributed by atoms with Crippen molar-refractivity contribution in [2.75, 3.05) is 13.1 Å². The maximum atomic E-state index is 13.8. The Kier molecular flexibility index (Phi) is 3.61. The first-order valence-corrected chi connectivity index (χ1v) is 7.74. The topological polar surface area (TPSA) is 20.3 Å². The van der Waals surface area contributed by atoms with E-state index < -0.39 is 0 Å². The van der Waals surface area contributed by atoms with E-state index in [2.05, 4.69) is 15.9 Å². The molecule has 0 radical (unpaired) electrons. The fraction of sp³-hybridized carbons (Fsp3) is 0.533. The van der Waals surface area contributed by atoms with E-state index in [1.165, 1.54) is 12.5 Å². The average molecular weight is 326 g/mol. The highest BCUT2D eigenvalue weighted by atomic mass is 79.9. The van der Waals surface area contributed by atoms with Crippen LogP contribution in [0.2, 0.25) is 0 Å². The zero-order chi connectivity index (χ0) is 13.4. The van der Waals surface area contributed by atoms with E-state index >= 15 is 0 Å². The highest BCUT2D eigenvalue weighted by Gasteiger charge is 2.31. The standard InChI is InChI=1S/C15H17BrFNO/c16-13-8-11(10-4-5-10)12(9-14(13)17)15(19)18-6-2-1-3-7-18/h8-10H,1-7H2. The largest absolute Gasteiger partial charge is 0.339 e. The maximum Gasteiger partial charge on any atom is 0.254 e. The van der Waals surface area contributed by atoms with Crippen molar-refractivity contribution in [1.29, 1.82) is 0 Å². The number of amides is 1. The first-order valence-electron chi connectivity index (χ1n) is 6.95. The zero-order valence-electron chi connectivity index (χ0n) is 10.8. The van der Waals surface area contributed by atoms with Gasteiger partial charge in [-0.2, -0.15) is 0 Å². The second-order valence-electron chi connectivity index (χ2n) is 5.48. The number of benzene rings is 1. The van der Waals surface area contributed by atoms with E-state index in [1.807, 2.05) is 4.90 Å². The van der Waals surface area contributed by atoms with Crippen molar-refractivity contribution in [3.63, 3.8) is 0 Å². The molecule has 0 aromatic heterocycles. The molecule has 1 saturated carbocycles. The number of halogens is 2. The Balaban J connectivity index is 1.93. The number of rotatable bonds is 2. The number of piperidine rings is 1. The van der Waals surface area contributed by atoms with E-state index in [4.69, 9.17) is 0 Å². The summed E-state index contributed by atoms with van der Waals surface area (Å²) in [5.74, 6) is 0.110. The van der Waals surface area contributed by atoms with Crippen LogP contribution in [0.4, 0.5) is 4.39 Å². The number of hydrogen-bond acceptors (Lipinski definition) is 1. The molecular formula is C15H17BrFNO. The fourth-order valence-corrected chi connectivity index (χ4v) is 3.11. The molecular weight excluding hydrogens is 309 g/mol.